The van der Waals surface area contributed by atoms with E-state index in [-0.39, 0.29) is 11.5 Å². The molecule has 0 fully saturated rings. The van der Waals surface area contributed by atoms with Gasteiger partial charge in [0.15, 0.2) is 4.80 Å². The lowest BCUT2D eigenvalue weighted by atomic mass is 10.2. The number of thioether (sulfide) groups is 1. The Balaban J connectivity index is 1.37. The molecule has 136 valence electrons. The van der Waals surface area contributed by atoms with Gasteiger partial charge in [0.05, 0.1) is 11.1 Å². The van der Waals surface area contributed by atoms with E-state index in [0.717, 1.165) is 29.5 Å². The summed E-state index contributed by atoms with van der Waals surface area (Å²) in [6.45, 7) is 0. The zero-order valence-electron chi connectivity index (χ0n) is 14.3. The van der Waals surface area contributed by atoms with E-state index in [1.54, 1.807) is 23.1 Å². The maximum atomic E-state index is 12.4. The molecule has 0 unspecified atom stereocenters. The SMILES string of the molecule is Cn1ccsc1=NC(=O)CCSCc1nc2sc3c(c2c(=O)[nH]1)CCC3. The number of carbonyl (C=O) groups excluding carboxylic acids is 1. The van der Waals surface area contributed by atoms with Crippen molar-refractivity contribution < 1.29 is 4.79 Å². The summed E-state index contributed by atoms with van der Waals surface area (Å²) in [7, 11) is 1.87. The van der Waals surface area contributed by atoms with Crippen molar-refractivity contribution in [3.05, 3.63) is 43.0 Å². The van der Waals surface area contributed by atoms with Crippen molar-refractivity contribution in [2.24, 2.45) is 12.0 Å². The van der Waals surface area contributed by atoms with Crippen molar-refractivity contribution in [3.8, 4) is 0 Å². The Hall–Kier alpha value is -1.71. The van der Waals surface area contributed by atoms with Crippen LogP contribution in [0.5, 0.6) is 0 Å². The van der Waals surface area contributed by atoms with Gasteiger partial charge in [-0.05, 0) is 24.8 Å². The summed E-state index contributed by atoms with van der Waals surface area (Å²) in [5, 5.41) is 2.69. The van der Waals surface area contributed by atoms with E-state index in [0.29, 0.717) is 28.6 Å². The van der Waals surface area contributed by atoms with E-state index < -0.39 is 0 Å². The van der Waals surface area contributed by atoms with E-state index in [1.807, 2.05) is 23.2 Å². The fourth-order valence-electron chi connectivity index (χ4n) is 3.04. The lowest BCUT2D eigenvalue weighted by Crippen LogP contribution is -2.13. The van der Waals surface area contributed by atoms with E-state index in [9.17, 15) is 9.59 Å². The van der Waals surface area contributed by atoms with E-state index in [1.165, 1.54) is 21.8 Å². The highest BCUT2D eigenvalue weighted by Crippen LogP contribution is 2.34. The Kier molecular flexibility index (Phi) is 5.10. The Morgan fingerprint density at radius 3 is 3.15 bits per heavy atom. The molecular formula is C17H18N4O2S3. The molecule has 26 heavy (non-hydrogen) atoms. The Morgan fingerprint density at radius 2 is 2.35 bits per heavy atom. The number of aromatic amines is 1. The van der Waals surface area contributed by atoms with Crippen molar-refractivity contribution in [1.82, 2.24) is 14.5 Å². The molecule has 3 aromatic heterocycles. The molecule has 1 N–H and O–H groups in total. The largest absolute Gasteiger partial charge is 0.327 e. The van der Waals surface area contributed by atoms with Gasteiger partial charge in [-0.3, -0.25) is 9.59 Å². The Morgan fingerprint density at radius 1 is 1.46 bits per heavy atom. The van der Waals surface area contributed by atoms with Gasteiger partial charge >= 0.3 is 0 Å². The van der Waals surface area contributed by atoms with Crippen LogP contribution in [0.25, 0.3) is 10.2 Å². The van der Waals surface area contributed by atoms with Crippen LogP contribution in [0.1, 0.15) is 29.1 Å². The third-order valence-corrected chi connectivity index (χ3v) is 7.31. The highest BCUT2D eigenvalue weighted by atomic mass is 32.2. The van der Waals surface area contributed by atoms with Gasteiger partial charge in [-0.1, -0.05) is 0 Å². The van der Waals surface area contributed by atoms with Crippen molar-refractivity contribution in [1.29, 1.82) is 0 Å². The fraction of sp³-hybridized carbons (Fsp3) is 0.412. The molecule has 4 rings (SSSR count). The van der Waals surface area contributed by atoms with Gasteiger partial charge in [0.1, 0.15) is 10.7 Å². The van der Waals surface area contributed by atoms with E-state index in [2.05, 4.69) is 15.0 Å². The maximum Gasteiger partial charge on any atom is 0.259 e. The van der Waals surface area contributed by atoms with E-state index >= 15 is 0 Å². The minimum atomic E-state index is -0.123. The number of H-pyrrole nitrogens is 1. The first-order valence-corrected chi connectivity index (χ1v) is 11.3. The van der Waals surface area contributed by atoms with Crippen LogP contribution in [-0.2, 0) is 30.4 Å². The van der Waals surface area contributed by atoms with Crippen molar-refractivity contribution in [2.75, 3.05) is 5.75 Å². The number of thiophene rings is 1. The molecule has 0 aliphatic heterocycles. The number of aryl methyl sites for hydroxylation is 3. The number of aromatic nitrogens is 3. The van der Waals surface area contributed by atoms with Crippen LogP contribution in [0, 0.1) is 0 Å². The first-order chi connectivity index (χ1) is 12.6. The highest BCUT2D eigenvalue weighted by molar-refractivity contribution is 7.98. The third kappa shape index (κ3) is 3.56. The van der Waals surface area contributed by atoms with Crippen molar-refractivity contribution >= 4 is 50.6 Å². The molecule has 0 saturated heterocycles. The molecule has 0 spiro atoms. The second kappa shape index (κ2) is 7.50. The zero-order valence-corrected chi connectivity index (χ0v) is 16.7. The summed E-state index contributed by atoms with van der Waals surface area (Å²) in [6, 6.07) is 0. The van der Waals surface area contributed by atoms with Crippen LogP contribution in [-0.4, -0.2) is 26.2 Å². The number of hydrogen-bond acceptors (Lipinski definition) is 6. The second-order valence-corrected chi connectivity index (χ2v) is 9.22. The number of rotatable bonds is 5. The number of nitrogens with one attached hydrogen (secondary N) is 1. The molecule has 0 radical (unpaired) electrons. The summed E-state index contributed by atoms with van der Waals surface area (Å²) >= 11 is 4.69. The topological polar surface area (TPSA) is 80.1 Å². The Labute approximate surface area is 162 Å². The number of hydrogen-bond donors (Lipinski definition) is 1. The quantitative estimate of drug-likeness (QED) is 0.661. The van der Waals surface area contributed by atoms with Gasteiger partial charge in [-0.15, -0.1) is 22.7 Å². The van der Waals surface area contributed by atoms with Crippen LogP contribution in [0.2, 0.25) is 0 Å². The minimum Gasteiger partial charge on any atom is -0.327 e. The second-order valence-electron chi connectivity index (χ2n) is 6.15. The third-order valence-electron chi connectivity index (χ3n) is 4.30. The average Bonchev–Trinajstić information content (AvgIpc) is 3.28. The van der Waals surface area contributed by atoms with Gasteiger partial charge < -0.3 is 9.55 Å². The summed E-state index contributed by atoms with van der Waals surface area (Å²) in [6.07, 6.45) is 5.44. The minimum absolute atomic E-state index is 0.0266. The fourth-order valence-corrected chi connectivity index (χ4v) is 5.86. The molecule has 1 aliphatic carbocycles. The monoisotopic (exact) mass is 406 g/mol. The molecule has 0 saturated carbocycles. The van der Waals surface area contributed by atoms with Gasteiger partial charge in [0, 0.05) is 35.7 Å². The zero-order chi connectivity index (χ0) is 18.1. The van der Waals surface area contributed by atoms with E-state index in [4.69, 9.17) is 0 Å². The number of thiazole rings is 1. The number of fused-ring (bicyclic) bond motifs is 3. The first kappa shape index (κ1) is 17.7. The molecule has 1 amide bonds. The van der Waals surface area contributed by atoms with Crippen molar-refractivity contribution in [3.63, 3.8) is 0 Å². The molecule has 0 bridgehead atoms. The van der Waals surface area contributed by atoms with Crippen LogP contribution >= 0.6 is 34.4 Å². The molecule has 0 atom stereocenters. The first-order valence-electron chi connectivity index (χ1n) is 8.40. The van der Waals surface area contributed by atoms with Gasteiger partial charge in [-0.25, -0.2) is 4.98 Å². The summed E-state index contributed by atoms with van der Waals surface area (Å²) in [5.74, 6) is 1.80. The van der Waals surface area contributed by atoms with Crippen LogP contribution < -0.4 is 10.4 Å². The van der Waals surface area contributed by atoms with Gasteiger partial charge in [-0.2, -0.15) is 16.8 Å². The highest BCUT2D eigenvalue weighted by Gasteiger charge is 2.20. The molecular weight excluding hydrogens is 388 g/mol. The average molecular weight is 407 g/mol. The maximum absolute atomic E-state index is 12.4. The normalized spacial score (nSPS) is 14.3. The molecule has 3 heterocycles. The summed E-state index contributed by atoms with van der Waals surface area (Å²) in [5.41, 5.74) is 1.17. The predicted octanol–water partition coefficient (Wildman–Crippen LogP) is 2.62. The number of carbonyl (C=O) groups is 1. The summed E-state index contributed by atoms with van der Waals surface area (Å²) < 4.78 is 1.83. The number of amides is 1. The lowest BCUT2D eigenvalue weighted by Gasteiger charge is -2.01. The summed E-state index contributed by atoms with van der Waals surface area (Å²) in [4.78, 5) is 38.8. The van der Waals surface area contributed by atoms with Crippen LogP contribution in [0.15, 0.2) is 21.4 Å². The standard InChI is InChI=1S/C17H18N4O2S3/c1-21-6-8-25-17(21)20-13(22)5-7-24-9-12-18-15(23)14-10-3-2-4-11(10)26-16(14)19-12/h6,8H,2-5,7,9H2,1H3,(H,18,19,23). The van der Waals surface area contributed by atoms with Crippen LogP contribution in [0.4, 0.5) is 0 Å². The number of nitrogens with zero attached hydrogens (tertiary/aromatic N) is 3. The lowest BCUT2D eigenvalue weighted by molar-refractivity contribution is -0.117. The van der Waals surface area contributed by atoms with Gasteiger partial charge in [0.25, 0.3) is 5.56 Å². The molecule has 3 aromatic rings. The van der Waals surface area contributed by atoms with Gasteiger partial charge in [0.2, 0.25) is 5.91 Å². The van der Waals surface area contributed by atoms with Crippen molar-refractivity contribution in [2.45, 2.75) is 31.4 Å². The molecule has 0 aromatic carbocycles. The smallest absolute Gasteiger partial charge is 0.259 e. The molecule has 1 aliphatic rings. The molecule has 6 nitrogen and oxygen atoms in total. The van der Waals surface area contributed by atoms with Crippen LogP contribution in [0.3, 0.4) is 0 Å². The predicted molar refractivity (Wildman–Crippen MR) is 107 cm³/mol. The Bertz CT molecular complexity index is 1090. The molecule has 9 heteroatoms.